The summed E-state index contributed by atoms with van der Waals surface area (Å²) in [6, 6.07) is 4.97. The fourth-order valence-electron chi connectivity index (χ4n) is 1.79. The van der Waals surface area contributed by atoms with Gasteiger partial charge in [-0.15, -0.1) is 0 Å². The van der Waals surface area contributed by atoms with E-state index in [1.54, 1.807) is 25.3 Å². The van der Waals surface area contributed by atoms with Crippen LogP contribution in [0.1, 0.15) is 5.56 Å². The third kappa shape index (κ3) is 2.31. The number of imidazole rings is 1. The average Bonchev–Trinajstić information content (AvgIpc) is 2.82. The Balaban J connectivity index is 2.04. The van der Waals surface area contributed by atoms with Crippen LogP contribution in [0.5, 0.6) is 0 Å². The zero-order valence-corrected chi connectivity index (χ0v) is 11.6. The Morgan fingerprint density at radius 1 is 1.37 bits per heavy atom. The van der Waals surface area contributed by atoms with Crippen LogP contribution in [0.25, 0.3) is 5.65 Å². The molecule has 0 saturated carbocycles. The summed E-state index contributed by atoms with van der Waals surface area (Å²) >= 11 is 3.33. The number of nitrogens with one attached hydrogen (secondary N) is 1. The lowest BCUT2D eigenvalue weighted by molar-refractivity contribution is 0.619. The van der Waals surface area contributed by atoms with E-state index >= 15 is 0 Å². The van der Waals surface area contributed by atoms with Gasteiger partial charge in [-0.05, 0) is 40.5 Å². The molecule has 3 aromatic rings. The topological polar surface area (TPSA) is 42.2 Å². The smallest absolute Gasteiger partial charge is 0.180 e. The molecular weight excluding hydrogens is 311 g/mol. The summed E-state index contributed by atoms with van der Waals surface area (Å²) in [6.45, 7) is 1.73. The predicted octanol–water partition coefficient (Wildman–Crippen LogP) is 3.68. The second-order valence-electron chi connectivity index (χ2n) is 4.16. The van der Waals surface area contributed by atoms with Gasteiger partial charge in [-0.25, -0.2) is 14.4 Å². The summed E-state index contributed by atoms with van der Waals surface area (Å²) in [6.07, 6.45) is 5.32. The zero-order chi connectivity index (χ0) is 13.4. The van der Waals surface area contributed by atoms with E-state index in [0.29, 0.717) is 27.3 Å². The summed E-state index contributed by atoms with van der Waals surface area (Å²) < 4.78 is 16.0. The fraction of sp³-hybridized carbons (Fsp3) is 0.0769. The highest BCUT2D eigenvalue weighted by Crippen LogP contribution is 2.22. The number of benzene rings is 1. The number of halogens is 2. The van der Waals surface area contributed by atoms with E-state index in [1.165, 1.54) is 6.07 Å². The van der Waals surface area contributed by atoms with E-state index in [1.807, 2.05) is 16.8 Å². The van der Waals surface area contributed by atoms with Gasteiger partial charge in [0.15, 0.2) is 11.5 Å². The van der Waals surface area contributed by atoms with Gasteiger partial charge in [0.1, 0.15) is 10.4 Å². The molecule has 1 aromatic carbocycles. The molecule has 0 spiro atoms. The molecule has 19 heavy (non-hydrogen) atoms. The normalized spacial score (nSPS) is 10.9. The second-order valence-corrected chi connectivity index (χ2v) is 4.97. The highest BCUT2D eigenvalue weighted by molar-refractivity contribution is 9.10. The maximum atomic E-state index is 13.5. The molecule has 4 nitrogen and oxygen atoms in total. The number of aromatic nitrogens is 3. The van der Waals surface area contributed by atoms with Gasteiger partial charge in [0.05, 0.1) is 0 Å². The lowest BCUT2D eigenvalue weighted by Crippen LogP contribution is -1.99. The lowest BCUT2D eigenvalue weighted by atomic mass is 10.2. The molecule has 0 atom stereocenters. The van der Waals surface area contributed by atoms with Crippen LogP contribution in [0.4, 0.5) is 15.9 Å². The Hall–Kier alpha value is -1.95. The summed E-state index contributed by atoms with van der Waals surface area (Å²) in [5, 5.41) is 3.08. The first-order valence-corrected chi connectivity index (χ1v) is 6.45. The second kappa shape index (κ2) is 4.62. The van der Waals surface area contributed by atoms with Crippen LogP contribution in [-0.2, 0) is 0 Å². The Bertz CT molecular complexity index is 753. The molecule has 2 aromatic heterocycles. The number of rotatable bonds is 2. The fourth-order valence-corrected chi connectivity index (χ4v) is 2.19. The van der Waals surface area contributed by atoms with Gasteiger partial charge in [0.25, 0.3) is 0 Å². The van der Waals surface area contributed by atoms with E-state index in [9.17, 15) is 4.39 Å². The van der Waals surface area contributed by atoms with E-state index in [0.717, 1.165) is 0 Å². The molecule has 0 aliphatic rings. The highest BCUT2D eigenvalue weighted by Gasteiger charge is 2.07. The molecule has 2 heterocycles. The van der Waals surface area contributed by atoms with Crippen LogP contribution in [0.2, 0.25) is 0 Å². The molecule has 0 fully saturated rings. The third-order valence-electron chi connectivity index (χ3n) is 2.78. The van der Waals surface area contributed by atoms with Crippen LogP contribution in [0, 0.1) is 12.7 Å². The van der Waals surface area contributed by atoms with E-state index in [-0.39, 0.29) is 5.82 Å². The maximum absolute atomic E-state index is 13.5. The van der Waals surface area contributed by atoms with Crippen molar-refractivity contribution in [2.75, 3.05) is 5.32 Å². The Labute approximate surface area is 117 Å². The average molecular weight is 321 g/mol. The van der Waals surface area contributed by atoms with Gasteiger partial charge in [-0.2, -0.15) is 0 Å². The van der Waals surface area contributed by atoms with Gasteiger partial charge in [-0.1, -0.05) is 6.07 Å². The summed E-state index contributed by atoms with van der Waals surface area (Å²) in [7, 11) is 0. The number of hydrogen-bond acceptors (Lipinski definition) is 3. The van der Waals surface area contributed by atoms with Crippen molar-refractivity contribution in [3.63, 3.8) is 0 Å². The van der Waals surface area contributed by atoms with Crippen molar-refractivity contribution in [1.29, 1.82) is 0 Å². The number of hydrogen-bond donors (Lipinski definition) is 1. The van der Waals surface area contributed by atoms with Crippen molar-refractivity contribution in [3.8, 4) is 0 Å². The van der Waals surface area contributed by atoms with Gasteiger partial charge in [-0.3, -0.25) is 0 Å². The van der Waals surface area contributed by atoms with Crippen molar-refractivity contribution in [2.45, 2.75) is 6.92 Å². The van der Waals surface area contributed by atoms with E-state index in [4.69, 9.17) is 0 Å². The molecule has 0 unspecified atom stereocenters. The predicted molar refractivity (Wildman–Crippen MR) is 75.1 cm³/mol. The molecule has 0 aliphatic carbocycles. The van der Waals surface area contributed by atoms with Crippen molar-refractivity contribution in [2.24, 2.45) is 0 Å². The molecule has 1 N–H and O–H groups in total. The highest BCUT2D eigenvalue weighted by atomic mass is 79.9. The number of fused-ring (bicyclic) bond motifs is 1. The van der Waals surface area contributed by atoms with Crippen molar-refractivity contribution in [1.82, 2.24) is 14.4 Å². The zero-order valence-electron chi connectivity index (χ0n) is 10.1. The SMILES string of the molecule is Cc1ccc(Nc2nc(Br)cn3ccnc23)cc1F. The standard InChI is InChI=1S/C13H10BrFN4/c1-8-2-3-9(6-10(8)15)17-12-13-16-4-5-19(13)7-11(14)18-12/h2-7H,1H3,(H,17,18). The van der Waals surface area contributed by atoms with Gasteiger partial charge in [0.2, 0.25) is 0 Å². The first-order chi connectivity index (χ1) is 9.13. The van der Waals surface area contributed by atoms with Crippen LogP contribution in [-0.4, -0.2) is 14.4 Å². The van der Waals surface area contributed by atoms with E-state index < -0.39 is 0 Å². The first-order valence-electron chi connectivity index (χ1n) is 5.66. The lowest BCUT2D eigenvalue weighted by Gasteiger charge is -2.08. The number of anilines is 2. The van der Waals surface area contributed by atoms with Crippen LogP contribution < -0.4 is 5.32 Å². The first kappa shape index (κ1) is 12.1. The minimum absolute atomic E-state index is 0.251. The molecule has 6 heteroatoms. The third-order valence-corrected chi connectivity index (χ3v) is 3.16. The quantitative estimate of drug-likeness (QED) is 0.783. The minimum atomic E-state index is -0.251. The van der Waals surface area contributed by atoms with Crippen molar-refractivity contribution >= 4 is 33.1 Å². The maximum Gasteiger partial charge on any atom is 0.180 e. The molecule has 3 rings (SSSR count). The number of nitrogens with zero attached hydrogens (tertiary/aromatic N) is 3. The van der Waals surface area contributed by atoms with Crippen LogP contribution in [0.15, 0.2) is 41.4 Å². The van der Waals surface area contributed by atoms with Gasteiger partial charge < -0.3 is 9.72 Å². The molecule has 0 saturated heterocycles. The van der Waals surface area contributed by atoms with Gasteiger partial charge >= 0.3 is 0 Å². The Kier molecular flexibility index (Phi) is 2.94. The monoisotopic (exact) mass is 320 g/mol. The van der Waals surface area contributed by atoms with Crippen LogP contribution in [0.3, 0.4) is 0 Å². The Morgan fingerprint density at radius 3 is 3.00 bits per heavy atom. The van der Waals surface area contributed by atoms with Crippen molar-refractivity contribution < 1.29 is 4.39 Å². The molecule has 0 bridgehead atoms. The molecule has 96 valence electrons. The van der Waals surface area contributed by atoms with Gasteiger partial charge in [0, 0.05) is 24.3 Å². The largest absolute Gasteiger partial charge is 0.337 e. The van der Waals surface area contributed by atoms with E-state index in [2.05, 4.69) is 31.2 Å². The molecule has 0 radical (unpaired) electrons. The summed E-state index contributed by atoms with van der Waals surface area (Å²) in [5.74, 6) is 0.321. The Morgan fingerprint density at radius 2 is 2.21 bits per heavy atom. The summed E-state index contributed by atoms with van der Waals surface area (Å²) in [5.41, 5.74) is 1.93. The number of aryl methyl sites for hydroxylation is 1. The molecule has 0 aliphatic heterocycles. The van der Waals surface area contributed by atoms with Crippen LogP contribution >= 0.6 is 15.9 Å². The minimum Gasteiger partial charge on any atom is -0.337 e. The van der Waals surface area contributed by atoms with Crippen molar-refractivity contribution in [3.05, 3.63) is 52.8 Å². The molecule has 0 amide bonds. The molecular formula is C13H10BrFN4. The summed E-state index contributed by atoms with van der Waals surface area (Å²) in [4.78, 5) is 8.54.